The monoisotopic (exact) mass is 199 g/mol. The summed E-state index contributed by atoms with van der Waals surface area (Å²) in [5.41, 5.74) is -0.428. The summed E-state index contributed by atoms with van der Waals surface area (Å²) in [4.78, 5) is 2.42. The van der Waals surface area contributed by atoms with Gasteiger partial charge in [-0.2, -0.15) is 0 Å². The molecule has 0 aromatic rings. The number of β-amino-alcohol motifs (C(OH)–C–C–N with tert-alkyl or cyclic N) is 1. The third kappa shape index (κ3) is 4.43. The SMILES string of the molecule is CCCCCCN1CCCC(C)(O)C1. The van der Waals surface area contributed by atoms with E-state index in [1.165, 1.54) is 38.8 Å². The highest BCUT2D eigenvalue weighted by Gasteiger charge is 2.27. The maximum Gasteiger partial charge on any atom is 0.0746 e. The van der Waals surface area contributed by atoms with Crippen LogP contribution < -0.4 is 0 Å². The van der Waals surface area contributed by atoms with Crippen molar-refractivity contribution in [2.45, 2.75) is 58.0 Å². The third-order valence-electron chi connectivity index (χ3n) is 3.08. The van der Waals surface area contributed by atoms with Crippen molar-refractivity contribution in [1.82, 2.24) is 4.90 Å². The summed E-state index contributed by atoms with van der Waals surface area (Å²) in [5, 5.41) is 9.91. The van der Waals surface area contributed by atoms with Crippen LogP contribution in [0.3, 0.4) is 0 Å². The molecule has 1 rings (SSSR count). The average Bonchev–Trinajstić information content (AvgIpc) is 2.11. The first-order valence-corrected chi connectivity index (χ1v) is 6.09. The molecule has 0 aromatic heterocycles. The smallest absolute Gasteiger partial charge is 0.0746 e. The van der Waals surface area contributed by atoms with Gasteiger partial charge in [0.1, 0.15) is 0 Å². The minimum Gasteiger partial charge on any atom is -0.389 e. The number of unbranched alkanes of at least 4 members (excludes halogenated alkanes) is 3. The lowest BCUT2D eigenvalue weighted by atomic mass is 9.95. The van der Waals surface area contributed by atoms with Crippen LogP contribution in [0.2, 0.25) is 0 Å². The Balaban J connectivity index is 2.12. The Hall–Kier alpha value is -0.0800. The van der Waals surface area contributed by atoms with Crippen LogP contribution in [-0.2, 0) is 0 Å². The van der Waals surface area contributed by atoms with Gasteiger partial charge in [0, 0.05) is 6.54 Å². The van der Waals surface area contributed by atoms with E-state index in [0.29, 0.717) is 0 Å². The van der Waals surface area contributed by atoms with Crippen molar-refractivity contribution in [2.24, 2.45) is 0 Å². The predicted octanol–water partition coefficient (Wildman–Crippen LogP) is 2.41. The lowest BCUT2D eigenvalue weighted by molar-refractivity contribution is -0.0158. The number of rotatable bonds is 5. The van der Waals surface area contributed by atoms with Gasteiger partial charge >= 0.3 is 0 Å². The van der Waals surface area contributed by atoms with Crippen LogP contribution in [0.4, 0.5) is 0 Å². The van der Waals surface area contributed by atoms with Crippen LogP contribution in [0.1, 0.15) is 52.4 Å². The maximum absolute atomic E-state index is 9.91. The Morgan fingerprint density at radius 2 is 2.07 bits per heavy atom. The molecule has 1 aliphatic rings. The maximum atomic E-state index is 9.91. The molecule has 0 aromatic carbocycles. The summed E-state index contributed by atoms with van der Waals surface area (Å²) in [5.74, 6) is 0. The summed E-state index contributed by atoms with van der Waals surface area (Å²) in [7, 11) is 0. The highest BCUT2D eigenvalue weighted by Crippen LogP contribution is 2.20. The fraction of sp³-hybridized carbons (Fsp3) is 1.00. The molecule has 1 unspecified atom stereocenters. The van der Waals surface area contributed by atoms with Crippen molar-refractivity contribution < 1.29 is 5.11 Å². The molecule has 1 aliphatic heterocycles. The Labute approximate surface area is 88.3 Å². The predicted molar refractivity (Wildman–Crippen MR) is 60.4 cm³/mol. The molecule has 0 spiro atoms. The van der Waals surface area contributed by atoms with Crippen LogP contribution in [0.25, 0.3) is 0 Å². The standard InChI is InChI=1S/C12H25NO/c1-3-4-5-6-9-13-10-7-8-12(2,14)11-13/h14H,3-11H2,1-2H3. The Bertz CT molecular complexity index is 156. The lowest BCUT2D eigenvalue weighted by Gasteiger charge is -2.36. The highest BCUT2D eigenvalue weighted by molar-refractivity contribution is 4.82. The summed E-state index contributed by atoms with van der Waals surface area (Å²) in [6.07, 6.45) is 7.42. The molecular formula is C12H25NO. The van der Waals surface area contributed by atoms with E-state index in [1.807, 2.05) is 6.92 Å². The van der Waals surface area contributed by atoms with Crippen molar-refractivity contribution in [2.75, 3.05) is 19.6 Å². The quantitative estimate of drug-likeness (QED) is 0.687. The fourth-order valence-electron chi connectivity index (χ4n) is 2.28. The molecule has 1 heterocycles. The molecule has 0 saturated carbocycles. The zero-order valence-electron chi connectivity index (χ0n) is 9.76. The molecule has 0 radical (unpaired) electrons. The fourth-order valence-corrected chi connectivity index (χ4v) is 2.28. The first-order valence-electron chi connectivity index (χ1n) is 6.09. The van der Waals surface area contributed by atoms with E-state index in [-0.39, 0.29) is 0 Å². The van der Waals surface area contributed by atoms with Gasteiger partial charge in [-0.15, -0.1) is 0 Å². The molecule has 1 fully saturated rings. The molecule has 0 aliphatic carbocycles. The molecule has 2 nitrogen and oxygen atoms in total. The zero-order valence-corrected chi connectivity index (χ0v) is 9.76. The Morgan fingerprint density at radius 1 is 1.29 bits per heavy atom. The highest BCUT2D eigenvalue weighted by atomic mass is 16.3. The van der Waals surface area contributed by atoms with Crippen molar-refractivity contribution >= 4 is 0 Å². The van der Waals surface area contributed by atoms with E-state index < -0.39 is 5.60 Å². The second-order valence-electron chi connectivity index (χ2n) is 4.94. The molecule has 0 amide bonds. The largest absolute Gasteiger partial charge is 0.389 e. The number of hydrogen-bond acceptors (Lipinski definition) is 2. The lowest BCUT2D eigenvalue weighted by Crippen LogP contribution is -2.46. The summed E-state index contributed by atoms with van der Waals surface area (Å²) >= 11 is 0. The van der Waals surface area contributed by atoms with Gasteiger partial charge in [0.25, 0.3) is 0 Å². The van der Waals surface area contributed by atoms with Gasteiger partial charge in [-0.05, 0) is 39.3 Å². The third-order valence-corrected chi connectivity index (χ3v) is 3.08. The Morgan fingerprint density at radius 3 is 2.71 bits per heavy atom. The van der Waals surface area contributed by atoms with Gasteiger partial charge in [-0.25, -0.2) is 0 Å². The van der Waals surface area contributed by atoms with Crippen LogP contribution in [0, 0.1) is 0 Å². The van der Waals surface area contributed by atoms with E-state index in [1.54, 1.807) is 0 Å². The zero-order chi connectivity index (χ0) is 10.4. The van der Waals surface area contributed by atoms with Gasteiger partial charge in [-0.1, -0.05) is 26.2 Å². The number of nitrogens with zero attached hydrogens (tertiary/aromatic N) is 1. The van der Waals surface area contributed by atoms with Crippen molar-refractivity contribution in [3.05, 3.63) is 0 Å². The van der Waals surface area contributed by atoms with Crippen molar-refractivity contribution in [3.8, 4) is 0 Å². The molecule has 1 N–H and O–H groups in total. The van der Waals surface area contributed by atoms with Crippen LogP contribution in [0.15, 0.2) is 0 Å². The van der Waals surface area contributed by atoms with E-state index in [9.17, 15) is 5.11 Å². The normalized spacial score (nSPS) is 29.4. The van der Waals surface area contributed by atoms with Crippen molar-refractivity contribution in [3.63, 3.8) is 0 Å². The van der Waals surface area contributed by atoms with Gasteiger partial charge < -0.3 is 10.0 Å². The van der Waals surface area contributed by atoms with Gasteiger partial charge in [-0.3, -0.25) is 0 Å². The molecule has 84 valence electrons. The first-order chi connectivity index (χ1) is 6.64. The second-order valence-corrected chi connectivity index (χ2v) is 4.94. The molecule has 1 atom stereocenters. The molecular weight excluding hydrogens is 174 g/mol. The first kappa shape index (κ1) is 12.0. The van der Waals surface area contributed by atoms with Crippen LogP contribution in [0.5, 0.6) is 0 Å². The average molecular weight is 199 g/mol. The number of piperidine rings is 1. The van der Waals surface area contributed by atoms with Crippen LogP contribution >= 0.6 is 0 Å². The summed E-state index contributed by atoms with van der Waals surface area (Å²) in [6, 6.07) is 0. The van der Waals surface area contributed by atoms with Gasteiger partial charge in [0.05, 0.1) is 5.60 Å². The second kappa shape index (κ2) is 5.72. The van der Waals surface area contributed by atoms with Crippen molar-refractivity contribution in [1.29, 1.82) is 0 Å². The molecule has 0 bridgehead atoms. The van der Waals surface area contributed by atoms with Gasteiger partial charge in [0.2, 0.25) is 0 Å². The Kier molecular flexibility index (Phi) is 4.90. The molecule has 1 saturated heterocycles. The number of hydrogen-bond donors (Lipinski definition) is 1. The number of likely N-dealkylation sites (tertiary alicyclic amines) is 1. The topological polar surface area (TPSA) is 23.5 Å². The van der Waals surface area contributed by atoms with Gasteiger partial charge in [0.15, 0.2) is 0 Å². The summed E-state index contributed by atoms with van der Waals surface area (Å²) < 4.78 is 0. The minimum absolute atomic E-state index is 0.428. The molecule has 14 heavy (non-hydrogen) atoms. The van der Waals surface area contributed by atoms with E-state index in [4.69, 9.17) is 0 Å². The molecule has 2 heteroatoms. The van der Waals surface area contributed by atoms with E-state index in [2.05, 4.69) is 11.8 Å². The van der Waals surface area contributed by atoms with E-state index >= 15 is 0 Å². The van der Waals surface area contributed by atoms with E-state index in [0.717, 1.165) is 19.4 Å². The minimum atomic E-state index is -0.428. The summed E-state index contributed by atoms with van der Waals surface area (Å²) in [6.45, 7) is 7.44. The van der Waals surface area contributed by atoms with Crippen LogP contribution in [-0.4, -0.2) is 35.2 Å². The number of aliphatic hydroxyl groups is 1.